The molecule has 2 aromatic rings. The Bertz CT molecular complexity index is 1420. The molecule has 1 spiro atoms. The lowest BCUT2D eigenvalue weighted by atomic mass is 10.1. The highest BCUT2D eigenvalue weighted by Crippen LogP contribution is 2.44. The summed E-state index contributed by atoms with van der Waals surface area (Å²) in [6.07, 6.45) is 5.42. The van der Waals surface area contributed by atoms with Crippen molar-refractivity contribution in [3.8, 4) is 0 Å². The van der Waals surface area contributed by atoms with Crippen molar-refractivity contribution in [1.82, 2.24) is 10.2 Å². The van der Waals surface area contributed by atoms with Gasteiger partial charge in [0.15, 0.2) is 11.6 Å². The van der Waals surface area contributed by atoms with Crippen LogP contribution in [0.2, 0.25) is 5.02 Å². The van der Waals surface area contributed by atoms with Gasteiger partial charge in [0, 0.05) is 24.7 Å². The van der Waals surface area contributed by atoms with E-state index in [1.165, 1.54) is 30.6 Å². The Morgan fingerprint density at radius 3 is 2.63 bits per heavy atom. The minimum Gasteiger partial charge on any atom is -0.350 e. The zero-order chi connectivity index (χ0) is 27.3. The Morgan fingerprint density at radius 2 is 1.95 bits per heavy atom. The predicted molar refractivity (Wildman–Crippen MR) is 148 cm³/mol. The Balaban J connectivity index is 1.65. The number of anilines is 1. The number of nitrogens with one attached hydrogen (secondary N) is 3. The fourth-order valence-corrected chi connectivity index (χ4v) is 5.52. The third-order valence-corrected chi connectivity index (χ3v) is 8.11. The van der Waals surface area contributed by atoms with E-state index in [0.717, 1.165) is 25.3 Å². The Hall–Kier alpha value is -3.57. The van der Waals surface area contributed by atoms with Gasteiger partial charge in [-0.3, -0.25) is 24.9 Å². The number of benzene rings is 2. The van der Waals surface area contributed by atoms with E-state index in [1.807, 2.05) is 4.90 Å². The van der Waals surface area contributed by atoms with Crippen molar-refractivity contribution in [2.45, 2.75) is 36.6 Å². The van der Waals surface area contributed by atoms with Crippen LogP contribution in [0.15, 0.2) is 69.4 Å². The van der Waals surface area contributed by atoms with Gasteiger partial charge in [-0.05, 0) is 37.1 Å². The summed E-state index contributed by atoms with van der Waals surface area (Å²) in [5.41, 5.74) is 0.261. The van der Waals surface area contributed by atoms with Gasteiger partial charge in [0.05, 0.1) is 52.4 Å². The van der Waals surface area contributed by atoms with Gasteiger partial charge in [-0.25, -0.2) is 12.8 Å². The molecule has 0 unspecified atom stereocenters. The first kappa shape index (κ1) is 27.5. The van der Waals surface area contributed by atoms with E-state index < -0.39 is 21.4 Å². The maximum atomic E-state index is 13.9. The first-order valence-corrected chi connectivity index (χ1v) is 13.9. The standard InChI is InChI=1S/C26H28ClFN6O3S/c1-2-23(35)18-6-8-20(9-7-18)38(36,37)33-22-5-3-4-21(27)24(22)25(29)34-13-12-30-17-32-15-19(28)14-31-16-26(34)10-11-26/h3-9,14-15,17,29,33H,2,10-13,16H2,1H3,(H,30,32)/b19-15+,29-25?,31-14?. The van der Waals surface area contributed by atoms with Gasteiger partial charge >= 0.3 is 0 Å². The summed E-state index contributed by atoms with van der Waals surface area (Å²) in [4.78, 5) is 22.2. The maximum Gasteiger partial charge on any atom is 0.261 e. The fraction of sp³-hybridized carbons (Fsp3) is 0.308. The Kier molecular flexibility index (Phi) is 8.27. The van der Waals surface area contributed by atoms with Crippen LogP contribution in [0.3, 0.4) is 0 Å². The van der Waals surface area contributed by atoms with Crippen LogP contribution in [0.1, 0.15) is 42.1 Å². The van der Waals surface area contributed by atoms with Crippen molar-refractivity contribution in [2.75, 3.05) is 24.4 Å². The van der Waals surface area contributed by atoms with Crippen LogP contribution in [0.5, 0.6) is 0 Å². The molecule has 1 heterocycles. The molecule has 0 amide bonds. The molecule has 1 aliphatic heterocycles. The number of hydrogen-bond donors (Lipinski definition) is 3. The molecule has 0 aromatic heterocycles. The van der Waals surface area contributed by atoms with Crippen LogP contribution in [0.4, 0.5) is 10.1 Å². The highest BCUT2D eigenvalue weighted by Gasteiger charge is 2.49. The molecule has 0 bridgehead atoms. The van der Waals surface area contributed by atoms with Gasteiger partial charge in [0.25, 0.3) is 10.0 Å². The van der Waals surface area contributed by atoms with E-state index >= 15 is 0 Å². The van der Waals surface area contributed by atoms with Gasteiger partial charge in [-0.2, -0.15) is 0 Å². The number of allylic oxidation sites excluding steroid dienone is 1. The SMILES string of the molecule is CCC(=O)c1ccc(S(=O)(=O)Nc2cccc(Cl)c2C(=N)N2CCN=CN/C=C(/F)C=NCC23CC3)cc1. The minimum atomic E-state index is -4.06. The first-order chi connectivity index (χ1) is 18.2. The third-order valence-electron chi connectivity index (χ3n) is 6.41. The lowest BCUT2D eigenvalue weighted by molar-refractivity contribution is 0.0988. The van der Waals surface area contributed by atoms with E-state index in [9.17, 15) is 17.6 Å². The molecule has 2 aromatic carbocycles. The van der Waals surface area contributed by atoms with Gasteiger partial charge < -0.3 is 10.2 Å². The van der Waals surface area contributed by atoms with Crippen LogP contribution >= 0.6 is 11.6 Å². The Morgan fingerprint density at radius 1 is 1.21 bits per heavy atom. The molecular weight excluding hydrogens is 531 g/mol. The molecule has 0 radical (unpaired) electrons. The number of hydrogen-bond acceptors (Lipinski definition) is 7. The van der Waals surface area contributed by atoms with Crippen molar-refractivity contribution in [3.05, 3.63) is 70.6 Å². The van der Waals surface area contributed by atoms with E-state index in [2.05, 4.69) is 20.0 Å². The molecule has 1 saturated carbocycles. The topological polar surface area (TPSA) is 127 Å². The van der Waals surface area contributed by atoms with Crippen molar-refractivity contribution in [3.63, 3.8) is 0 Å². The molecule has 4 rings (SSSR count). The molecule has 38 heavy (non-hydrogen) atoms. The zero-order valence-electron chi connectivity index (χ0n) is 20.7. The lowest BCUT2D eigenvalue weighted by Crippen LogP contribution is -2.46. The van der Waals surface area contributed by atoms with Gasteiger partial charge in [0.1, 0.15) is 5.84 Å². The molecule has 1 fully saturated rings. The maximum absolute atomic E-state index is 13.9. The normalized spacial score (nSPS) is 18.5. The molecule has 3 N–H and O–H groups in total. The highest BCUT2D eigenvalue weighted by atomic mass is 35.5. The van der Waals surface area contributed by atoms with Gasteiger partial charge in [-0.1, -0.05) is 36.7 Å². The molecule has 0 saturated heterocycles. The summed E-state index contributed by atoms with van der Waals surface area (Å²) in [5, 5.41) is 11.9. The number of carbonyl (C=O) groups is 1. The summed E-state index contributed by atoms with van der Waals surface area (Å²) in [6.45, 7) is 2.65. The highest BCUT2D eigenvalue weighted by molar-refractivity contribution is 7.92. The number of rotatable bonds is 6. The van der Waals surface area contributed by atoms with Crippen molar-refractivity contribution in [2.24, 2.45) is 9.98 Å². The fourth-order valence-electron chi connectivity index (χ4n) is 4.19. The lowest BCUT2D eigenvalue weighted by Gasteiger charge is -2.34. The average molecular weight is 559 g/mol. The minimum absolute atomic E-state index is 0.0149. The van der Waals surface area contributed by atoms with Crippen LogP contribution in [0, 0.1) is 5.41 Å². The van der Waals surface area contributed by atoms with Crippen LogP contribution in [-0.4, -0.2) is 62.7 Å². The third kappa shape index (κ3) is 6.11. The number of ketones is 1. The molecule has 12 heteroatoms. The second-order valence-corrected chi connectivity index (χ2v) is 11.1. The monoisotopic (exact) mass is 558 g/mol. The van der Waals surface area contributed by atoms with Crippen molar-refractivity contribution in [1.29, 1.82) is 5.41 Å². The van der Waals surface area contributed by atoms with Crippen molar-refractivity contribution >= 4 is 51.5 Å². The van der Waals surface area contributed by atoms with Crippen LogP contribution < -0.4 is 10.0 Å². The predicted octanol–water partition coefficient (Wildman–Crippen LogP) is 4.41. The molecule has 1 aliphatic carbocycles. The molecule has 9 nitrogen and oxygen atoms in total. The van der Waals surface area contributed by atoms with Gasteiger partial charge in [-0.15, -0.1) is 0 Å². The average Bonchev–Trinajstić information content (AvgIpc) is 3.67. The van der Waals surface area contributed by atoms with Crippen LogP contribution in [-0.2, 0) is 10.0 Å². The summed E-state index contributed by atoms with van der Waals surface area (Å²) >= 11 is 6.54. The number of sulfonamides is 1. The molecule has 2 aliphatic rings. The van der Waals surface area contributed by atoms with E-state index in [1.54, 1.807) is 25.1 Å². The van der Waals surface area contributed by atoms with E-state index in [0.29, 0.717) is 25.1 Å². The Labute approximate surface area is 226 Å². The number of halogens is 2. The quantitative estimate of drug-likeness (QED) is 0.275. The number of aliphatic imine (C=N–C) groups is 2. The van der Waals surface area contributed by atoms with Gasteiger partial charge in [0.2, 0.25) is 0 Å². The first-order valence-electron chi connectivity index (χ1n) is 12.1. The summed E-state index contributed by atoms with van der Waals surface area (Å²) in [5.74, 6) is -0.624. The summed E-state index contributed by atoms with van der Waals surface area (Å²) in [6, 6.07) is 10.4. The molecular formula is C26H28ClFN6O3S. The summed E-state index contributed by atoms with van der Waals surface area (Å²) < 4.78 is 42.9. The van der Waals surface area contributed by atoms with Crippen LogP contribution in [0.25, 0.3) is 0 Å². The second-order valence-electron chi connectivity index (χ2n) is 8.99. The number of nitrogens with zero attached hydrogens (tertiary/aromatic N) is 3. The second kappa shape index (κ2) is 11.4. The smallest absolute Gasteiger partial charge is 0.261 e. The van der Waals surface area contributed by atoms with E-state index in [-0.39, 0.29) is 39.3 Å². The van der Waals surface area contributed by atoms with Crippen molar-refractivity contribution < 1.29 is 17.6 Å². The number of Topliss-reactive ketones (excluding diaryl/α,β-unsaturated/α-hetero) is 1. The largest absolute Gasteiger partial charge is 0.350 e. The molecule has 0 atom stereocenters. The van der Waals surface area contributed by atoms with E-state index in [4.69, 9.17) is 17.0 Å². The molecule has 200 valence electrons. The number of carbonyl (C=O) groups excluding carboxylic acids is 1. The number of amidine groups is 1. The zero-order valence-corrected chi connectivity index (χ0v) is 22.3. The summed E-state index contributed by atoms with van der Waals surface area (Å²) in [7, 11) is -4.06.